The van der Waals surface area contributed by atoms with Crippen LogP contribution >= 0.6 is 0 Å². The van der Waals surface area contributed by atoms with Crippen molar-refractivity contribution in [1.29, 1.82) is 0 Å². The molecule has 1 atom stereocenters. The molecule has 0 aromatic heterocycles. The molecule has 2 amide bonds. The summed E-state index contributed by atoms with van der Waals surface area (Å²) in [7, 11) is 0. The number of rotatable bonds is 4. The van der Waals surface area contributed by atoms with Crippen LogP contribution in [-0.2, 0) is 15.1 Å². The van der Waals surface area contributed by atoms with E-state index in [4.69, 9.17) is 0 Å². The second kappa shape index (κ2) is 5.11. The predicted molar refractivity (Wildman–Crippen MR) is 83.0 cm³/mol. The number of hydrogen-bond acceptors (Lipinski definition) is 2. The quantitative estimate of drug-likeness (QED) is 0.926. The third-order valence-electron chi connectivity index (χ3n) is 5.24. The van der Waals surface area contributed by atoms with Gasteiger partial charge in [0.25, 0.3) is 0 Å². The second-order valence-corrected chi connectivity index (χ2v) is 6.95. The number of carbonyl (C=O) groups excluding carboxylic acids is 2. The van der Waals surface area contributed by atoms with Gasteiger partial charge in [0.1, 0.15) is 0 Å². The molecule has 1 aromatic carbocycles. The second-order valence-electron chi connectivity index (χ2n) is 6.95. The lowest BCUT2D eigenvalue weighted by Gasteiger charge is -2.33. The fourth-order valence-corrected chi connectivity index (χ4v) is 3.53. The number of amides is 2. The molecule has 3 fully saturated rings. The topological polar surface area (TPSA) is 49.4 Å². The van der Waals surface area contributed by atoms with Crippen LogP contribution in [0.15, 0.2) is 30.3 Å². The Kier molecular flexibility index (Phi) is 3.21. The number of nitrogens with one attached hydrogen (secondary N) is 1. The molecule has 116 valence electrons. The number of carbonyl (C=O) groups is 2. The Morgan fingerprint density at radius 2 is 1.86 bits per heavy atom. The molecule has 1 unspecified atom stereocenters. The van der Waals surface area contributed by atoms with E-state index in [-0.39, 0.29) is 23.3 Å². The van der Waals surface area contributed by atoms with E-state index >= 15 is 0 Å². The summed E-state index contributed by atoms with van der Waals surface area (Å²) in [4.78, 5) is 26.6. The third-order valence-corrected chi connectivity index (χ3v) is 5.24. The van der Waals surface area contributed by atoms with Crippen LogP contribution < -0.4 is 5.32 Å². The maximum absolute atomic E-state index is 12.7. The zero-order valence-electron chi connectivity index (χ0n) is 12.8. The van der Waals surface area contributed by atoms with E-state index in [0.717, 1.165) is 25.7 Å². The highest BCUT2D eigenvalue weighted by molar-refractivity contribution is 5.85. The Hall–Kier alpha value is -1.84. The minimum Gasteiger partial charge on any atom is -0.346 e. The van der Waals surface area contributed by atoms with Gasteiger partial charge in [0.15, 0.2) is 0 Å². The van der Waals surface area contributed by atoms with E-state index in [1.807, 2.05) is 23.1 Å². The number of likely N-dealkylation sites (tertiary alicyclic amines) is 1. The first-order chi connectivity index (χ1) is 10.7. The molecular formula is C18H22N2O2. The average Bonchev–Trinajstić information content (AvgIpc) is 3.44. The molecule has 0 bridgehead atoms. The van der Waals surface area contributed by atoms with Gasteiger partial charge in [-0.25, -0.2) is 0 Å². The zero-order chi connectivity index (χ0) is 15.2. The molecule has 2 aliphatic carbocycles. The fraction of sp³-hybridized carbons (Fsp3) is 0.556. The maximum atomic E-state index is 12.7. The predicted octanol–water partition coefficient (Wildman–Crippen LogP) is 2.19. The van der Waals surface area contributed by atoms with Crippen molar-refractivity contribution in [3.63, 3.8) is 0 Å². The van der Waals surface area contributed by atoms with E-state index < -0.39 is 0 Å². The van der Waals surface area contributed by atoms with Crippen LogP contribution in [0.1, 0.15) is 44.1 Å². The number of nitrogens with zero attached hydrogens (tertiary/aromatic N) is 1. The first kappa shape index (κ1) is 13.8. The van der Waals surface area contributed by atoms with Gasteiger partial charge in [-0.05, 0) is 37.7 Å². The standard InChI is InChI=1S/C18H22N2O2/c21-16-9-6-13(12-20(16)15-7-8-15)17(22)19-18(10-11-18)14-4-2-1-3-5-14/h1-5,13,15H,6-12H2,(H,19,22). The van der Waals surface area contributed by atoms with Gasteiger partial charge in [0, 0.05) is 19.0 Å². The molecule has 4 heteroatoms. The average molecular weight is 298 g/mol. The van der Waals surface area contributed by atoms with Crippen molar-refractivity contribution in [2.45, 2.75) is 50.1 Å². The van der Waals surface area contributed by atoms with Crippen molar-refractivity contribution in [1.82, 2.24) is 10.2 Å². The number of hydrogen-bond donors (Lipinski definition) is 1. The molecule has 1 aliphatic heterocycles. The van der Waals surface area contributed by atoms with Gasteiger partial charge in [0.05, 0.1) is 11.5 Å². The van der Waals surface area contributed by atoms with Crippen molar-refractivity contribution in [3.8, 4) is 0 Å². The Bertz CT molecular complexity index is 590. The van der Waals surface area contributed by atoms with Crippen molar-refractivity contribution in [3.05, 3.63) is 35.9 Å². The summed E-state index contributed by atoms with van der Waals surface area (Å²) in [6.07, 6.45) is 5.45. The molecule has 4 nitrogen and oxygen atoms in total. The van der Waals surface area contributed by atoms with Crippen LogP contribution in [0.3, 0.4) is 0 Å². The zero-order valence-corrected chi connectivity index (χ0v) is 12.8. The first-order valence-corrected chi connectivity index (χ1v) is 8.35. The third kappa shape index (κ3) is 2.51. The Balaban J connectivity index is 1.43. The Morgan fingerprint density at radius 1 is 1.14 bits per heavy atom. The molecule has 1 saturated heterocycles. The molecule has 4 rings (SSSR count). The molecule has 1 aromatic rings. The lowest BCUT2D eigenvalue weighted by atomic mass is 9.95. The summed E-state index contributed by atoms with van der Waals surface area (Å²) < 4.78 is 0. The van der Waals surface area contributed by atoms with Crippen LogP contribution in [-0.4, -0.2) is 29.3 Å². The Labute approximate surface area is 130 Å². The highest BCUT2D eigenvalue weighted by Crippen LogP contribution is 2.45. The van der Waals surface area contributed by atoms with Crippen molar-refractivity contribution in [2.75, 3.05) is 6.54 Å². The summed E-state index contributed by atoms with van der Waals surface area (Å²) >= 11 is 0. The van der Waals surface area contributed by atoms with Crippen molar-refractivity contribution < 1.29 is 9.59 Å². The smallest absolute Gasteiger partial charge is 0.225 e. The van der Waals surface area contributed by atoms with Gasteiger partial charge in [-0.1, -0.05) is 30.3 Å². The molecular weight excluding hydrogens is 276 g/mol. The summed E-state index contributed by atoms with van der Waals surface area (Å²) in [6.45, 7) is 0.611. The van der Waals surface area contributed by atoms with E-state index in [9.17, 15) is 9.59 Å². The minimum atomic E-state index is -0.149. The largest absolute Gasteiger partial charge is 0.346 e. The minimum absolute atomic E-state index is 0.0421. The monoisotopic (exact) mass is 298 g/mol. The highest BCUT2D eigenvalue weighted by Gasteiger charge is 2.47. The van der Waals surface area contributed by atoms with Crippen molar-refractivity contribution in [2.24, 2.45) is 5.92 Å². The molecule has 0 radical (unpaired) electrons. The lowest BCUT2D eigenvalue weighted by molar-refractivity contribution is -0.139. The van der Waals surface area contributed by atoms with Crippen LogP contribution in [0.2, 0.25) is 0 Å². The number of piperidine rings is 1. The maximum Gasteiger partial charge on any atom is 0.225 e. The summed E-state index contributed by atoms with van der Waals surface area (Å²) in [6, 6.07) is 10.6. The SMILES string of the molecule is O=C(NC1(c2ccccc2)CC1)C1CCC(=O)N(C2CC2)C1. The normalized spacial score (nSPS) is 26.6. The van der Waals surface area contributed by atoms with Crippen LogP contribution in [0.5, 0.6) is 0 Å². The van der Waals surface area contributed by atoms with Gasteiger partial charge in [-0.2, -0.15) is 0 Å². The van der Waals surface area contributed by atoms with Crippen LogP contribution in [0.25, 0.3) is 0 Å². The van der Waals surface area contributed by atoms with Crippen LogP contribution in [0.4, 0.5) is 0 Å². The van der Waals surface area contributed by atoms with Gasteiger partial charge in [-0.3, -0.25) is 9.59 Å². The molecule has 1 heterocycles. The van der Waals surface area contributed by atoms with Gasteiger partial charge in [-0.15, -0.1) is 0 Å². The summed E-state index contributed by atoms with van der Waals surface area (Å²) in [5, 5.41) is 3.27. The first-order valence-electron chi connectivity index (χ1n) is 8.35. The van der Waals surface area contributed by atoms with Crippen LogP contribution in [0, 0.1) is 5.92 Å². The molecule has 0 spiro atoms. The molecule has 22 heavy (non-hydrogen) atoms. The van der Waals surface area contributed by atoms with Gasteiger partial charge < -0.3 is 10.2 Å². The molecule has 2 saturated carbocycles. The van der Waals surface area contributed by atoms with Gasteiger partial charge in [0.2, 0.25) is 11.8 Å². The van der Waals surface area contributed by atoms with E-state index in [0.29, 0.717) is 25.4 Å². The van der Waals surface area contributed by atoms with E-state index in [2.05, 4.69) is 17.4 Å². The fourth-order valence-electron chi connectivity index (χ4n) is 3.53. The lowest BCUT2D eigenvalue weighted by Crippen LogP contribution is -2.48. The number of benzene rings is 1. The molecule has 1 N–H and O–H groups in total. The summed E-state index contributed by atoms with van der Waals surface area (Å²) in [5.74, 6) is 0.315. The summed E-state index contributed by atoms with van der Waals surface area (Å²) in [5.41, 5.74) is 1.05. The van der Waals surface area contributed by atoms with E-state index in [1.165, 1.54) is 5.56 Å². The molecule has 3 aliphatic rings. The highest BCUT2D eigenvalue weighted by atomic mass is 16.2. The Morgan fingerprint density at radius 3 is 2.50 bits per heavy atom. The van der Waals surface area contributed by atoms with E-state index in [1.54, 1.807) is 0 Å². The van der Waals surface area contributed by atoms with Crippen molar-refractivity contribution >= 4 is 11.8 Å². The van der Waals surface area contributed by atoms with Gasteiger partial charge >= 0.3 is 0 Å².